The number of aryl methyl sites for hydroxylation is 2. The van der Waals surface area contributed by atoms with E-state index in [0.717, 1.165) is 28.0 Å². The number of aromatic amines is 1. The third kappa shape index (κ3) is 5.45. The molecule has 0 bridgehead atoms. The standard InChI is InChI=1S/C27H30N8O4S/c1-15-23(40-33-32-15)26(38)30-17-9-11-35(27(39)21-8-5-10-34(21)2)22(13-17)25(37)31-20(24(28)36)12-16-14-29-19-7-4-3-6-18(16)19/h3-8,10,14,17,20,22,29H,9,11-13H2,1-2H3,(H2,28,36)(H,30,38)(H,31,37). The number of carbonyl (C=O) groups excluding carboxylic acids is 4. The molecule has 0 aliphatic carbocycles. The molecular formula is C27H30N8O4S. The Labute approximate surface area is 234 Å². The third-order valence-electron chi connectivity index (χ3n) is 7.28. The summed E-state index contributed by atoms with van der Waals surface area (Å²) in [6.07, 6.45) is 4.34. The normalized spacial score (nSPS) is 17.9. The molecule has 40 heavy (non-hydrogen) atoms. The second-order valence-corrected chi connectivity index (χ2v) is 10.7. The highest BCUT2D eigenvalue weighted by Gasteiger charge is 2.39. The maximum atomic E-state index is 13.7. The molecule has 12 nitrogen and oxygen atoms in total. The van der Waals surface area contributed by atoms with Gasteiger partial charge >= 0.3 is 0 Å². The second kappa shape index (κ2) is 11.3. The quantitative estimate of drug-likeness (QED) is 0.252. The van der Waals surface area contributed by atoms with Crippen molar-refractivity contribution in [2.45, 2.75) is 44.3 Å². The highest BCUT2D eigenvalue weighted by molar-refractivity contribution is 7.08. The zero-order chi connectivity index (χ0) is 28.4. The number of nitrogens with zero attached hydrogens (tertiary/aromatic N) is 4. The van der Waals surface area contributed by atoms with E-state index in [4.69, 9.17) is 5.73 Å². The first-order valence-corrected chi connectivity index (χ1v) is 13.7. The molecular weight excluding hydrogens is 532 g/mol. The van der Waals surface area contributed by atoms with Crippen molar-refractivity contribution in [3.63, 3.8) is 0 Å². The van der Waals surface area contributed by atoms with E-state index in [2.05, 4.69) is 25.2 Å². The summed E-state index contributed by atoms with van der Waals surface area (Å²) >= 11 is 0.999. The van der Waals surface area contributed by atoms with E-state index >= 15 is 0 Å². The molecule has 4 heterocycles. The minimum absolute atomic E-state index is 0.164. The molecule has 0 saturated carbocycles. The van der Waals surface area contributed by atoms with Crippen LogP contribution in [-0.4, -0.2) is 72.3 Å². The molecule has 3 aromatic heterocycles. The first kappa shape index (κ1) is 27.1. The number of rotatable bonds is 8. The number of aromatic nitrogens is 4. The average molecular weight is 563 g/mol. The monoisotopic (exact) mass is 562 g/mol. The number of hydrogen-bond donors (Lipinski definition) is 4. The number of para-hydroxylation sites is 1. The molecule has 1 aromatic carbocycles. The number of nitrogens with one attached hydrogen (secondary N) is 3. The van der Waals surface area contributed by atoms with Crippen LogP contribution >= 0.6 is 11.5 Å². The van der Waals surface area contributed by atoms with E-state index in [1.807, 2.05) is 24.3 Å². The molecule has 1 saturated heterocycles. The van der Waals surface area contributed by atoms with Gasteiger partial charge in [-0.05, 0) is 55.1 Å². The molecule has 3 unspecified atom stereocenters. The summed E-state index contributed by atoms with van der Waals surface area (Å²) in [7, 11) is 1.75. The number of hydrogen-bond acceptors (Lipinski definition) is 7. The Morgan fingerprint density at radius 2 is 2.00 bits per heavy atom. The molecule has 5 rings (SSSR count). The predicted molar refractivity (Wildman–Crippen MR) is 148 cm³/mol. The molecule has 4 amide bonds. The number of nitrogens with two attached hydrogens (primary N) is 1. The van der Waals surface area contributed by atoms with Crippen LogP contribution in [0.3, 0.4) is 0 Å². The number of piperidine rings is 1. The summed E-state index contributed by atoms with van der Waals surface area (Å²) in [6.45, 7) is 1.93. The van der Waals surface area contributed by atoms with Crippen molar-refractivity contribution in [1.29, 1.82) is 0 Å². The van der Waals surface area contributed by atoms with Crippen molar-refractivity contribution in [1.82, 2.24) is 34.7 Å². The van der Waals surface area contributed by atoms with Gasteiger partial charge in [-0.3, -0.25) is 19.2 Å². The highest BCUT2D eigenvalue weighted by Crippen LogP contribution is 2.23. The molecule has 208 valence electrons. The van der Waals surface area contributed by atoms with Crippen molar-refractivity contribution in [2.24, 2.45) is 12.8 Å². The van der Waals surface area contributed by atoms with Gasteiger partial charge in [0.05, 0.1) is 5.69 Å². The van der Waals surface area contributed by atoms with Crippen LogP contribution in [0.15, 0.2) is 48.8 Å². The summed E-state index contributed by atoms with van der Waals surface area (Å²) < 4.78 is 5.50. The number of benzene rings is 1. The van der Waals surface area contributed by atoms with E-state index in [0.29, 0.717) is 22.7 Å². The smallest absolute Gasteiger partial charge is 0.271 e. The third-order valence-corrected chi connectivity index (χ3v) is 8.11. The van der Waals surface area contributed by atoms with Crippen LogP contribution in [0.25, 0.3) is 10.9 Å². The van der Waals surface area contributed by atoms with Crippen LogP contribution in [0, 0.1) is 6.92 Å². The lowest BCUT2D eigenvalue weighted by Crippen LogP contribution is -2.60. The van der Waals surface area contributed by atoms with Gasteiger partial charge in [0.2, 0.25) is 11.8 Å². The zero-order valence-corrected chi connectivity index (χ0v) is 22.9. The number of primary amides is 1. The van der Waals surface area contributed by atoms with Gasteiger partial charge in [0.25, 0.3) is 11.8 Å². The maximum Gasteiger partial charge on any atom is 0.271 e. The lowest BCUT2D eigenvalue weighted by atomic mass is 9.95. The van der Waals surface area contributed by atoms with E-state index < -0.39 is 23.9 Å². The fourth-order valence-corrected chi connectivity index (χ4v) is 5.68. The Hall–Kier alpha value is -4.52. The summed E-state index contributed by atoms with van der Waals surface area (Å²) in [4.78, 5) is 57.6. The molecule has 0 spiro atoms. The lowest BCUT2D eigenvalue weighted by Gasteiger charge is -2.39. The van der Waals surface area contributed by atoms with E-state index in [9.17, 15) is 19.2 Å². The van der Waals surface area contributed by atoms with Gasteiger partial charge in [0, 0.05) is 49.4 Å². The van der Waals surface area contributed by atoms with Gasteiger partial charge in [-0.1, -0.05) is 22.7 Å². The van der Waals surface area contributed by atoms with Crippen molar-refractivity contribution >= 4 is 46.1 Å². The lowest BCUT2D eigenvalue weighted by molar-refractivity contribution is -0.131. The Morgan fingerprint density at radius 3 is 2.70 bits per heavy atom. The van der Waals surface area contributed by atoms with Gasteiger partial charge in [-0.25, -0.2) is 0 Å². The number of fused-ring (bicyclic) bond motifs is 1. The van der Waals surface area contributed by atoms with Crippen molar-refractivity contribution in [2.75, 3.05) is 6.54 Å². The summed E-state index contributed by atoms with van der Waals surface area (Å²) in [5.74, 6) is -1.84. The molecule has 3 atom stereocenters. The Bertz CT molecular complexity index is 1570. The minimum atomic E-state index is -1.00. The van der Waals surface area contributed by atoms with Crippen LogP contribution in [0.1, 0.15) is 44.3 Å². The van der Waals surface area contributed by atoms with Gasteiger partial charge in [0.1, 0.15) is 22.7 Å². The molecule has 13 heteroatoms. The summed E-state index contributed by atoms with van der Waals surface area (Å²) in [5.41, 5.74) is 8.40. The molecule has 4 aromatic rings. The predicted octanol–water partition coefficient (Wildman–Crippen LogP) is 1.28. The number of likely N-dealkylation sites (tertiary alicyclic amines) is 1. The minimum Gasteiger partial charge on any atom is -0.368 e. The average Bonchev–Trinajstić information content (AvgIpc) is 3.67. The molecule has 1 aliphatic rings. The fourth-order valence-electron chi connectivity index (χ4n) is 5.12. The van der Waals surface area contributed by atoms with Gasteiger partial charge in [0.15, 0.2) is 0 Å². The van der Waals surface area contributed by atoms with E-state index in [1.165, 1.54) is 4.90 Å². The highest BCUT2D eigenvalue weighted by atomic mass is 32.1. The van der Waals surface area contributed by atoms with Crippen molar-refractivity contribution in [3.8, 4) is 0 Å². The number of carbonyl (C=O) groups is 4. The van der Waals surface area contributed by atoms with Crippen LogP contribution < -0.4 is 16.4 Å². The maximum absolute atomic E-state index is 13.7. The van der Waals surface area contributed by atoms with E-state index in [1.54, 1.807) is 43.1 Å². The van der Waals surface area contributed by atoms with Gasteiger partial charge in [-0.2, -0.15) is 0 Å². The van der Waals surface area contributed by atoms with Crippen LogP contribution in [0.4, 0.5) is 0 Å². The number of H-pyrrole nitrogens is 1. The molecule has 5 N–H and O–H groups in total. The fraction of sp³-hybridized carbons (Fsp3) is 0.333. The summed E-state index contributed by atoms with van der Waals surface area (Å²) in [5, 5.41) is 10.6. The zero-order valence-electron chi connectivity index (χ0n) is 22.1. The summed E-state index contributed by atoms with van der Waals surface area (Å²) in [6, 6.07) is 8.76. The number of amides is 4. The van der Waals surface area contributed by atoms with Crippen LogP contribution in [-0.2, 0) is 23.1 Å². The van der Waals surface area contributed by atoms with Crippen molar-refractivity contribution in [3.05, 3.63) is 70.6 Å². The van der Waals surface area contributed by atoms with Crippen LogP contribution in [0.5, 0.6) is 0 Å². The molecule has 1 aliphatic heterocycles. The van der Waals surface area contributed by atoms with E-state index in [-0.39, 0.29) is 37.2 Å². The topological polar surface area (TPSA) is 168 Å². The Balaban J connectivity index is 1.37. The molecule has 1 fully saturated rings. The molecule has 0 radical (unpaired) electrons. The van der Waals surface area contributed by atoms with Gasteiger partial charge < -0.3 is 30.8 Å². The largest absolute Gasteiger partial charge is 0.368 e. The SMILES string of the molecule is Cc1nnsc1C(=O)NC1CCN(C(=O)c2cccn2C)C(C(=O)NC(Cc2c[nH]c3ccccc23)C(N)=O)C1. The first-order chi connectivity index (χ1) is 19.2. The van der Waals surface area contributed by atoms with Crippen LogP contribution in [0.2, 0.25) is 0 Å². The van der Waals surface area contributed by atoms with Crippen molar-refractivity contribution < 1.29 is 19.2 Å². The second-order valence-electron chi connectivity index (χ2n) is 9.93. The van der Waals surface area contributed by atoms with Gasteiger partial charge in [-0.15, -0.1) is 5.10 Å². The first-order valence-electron chi connectivity index (χ1n) is 12.9. The Morgan fingerprint density at radius 1 is 1.20 bits per heavy atom. The Kier molecular flexibility index (Phi) is 7.65.